The maximum Gasteiger partial charge on any atom is 0.472 e. The smallest absolute Gasteiger partial charge is 0.462 e. The zero-order chi connectivity index (χ0) is 73.2. The van der Waals surface area contributed by atoms with E-state index in [0.29, 0.717) is 25.7 Å². The average Bonchev–Trinajstić information content (AvgIpc) is 0.938. The Bertz CT molecular complexity index is 1990. The second-order valence-corrected chi connectivity index (χ2v) is 31.4. The summed E-state index contributed by atoms with van der Waals surface area (Å²) < 4.78 is 68.7. The zero-order valence-electron chi connectivity index (χ0n) is 64.7. The van der Waals surface area contributed by atoms with Crippen molar-refractivity contribution in [3.8, 4) is 0 Å². The van der Waals surface area contributed by atoms with Crippen LogP contribution in [-0.4, -0.2) is 96.7 Å². The van der Waals surface area contributed by atoms with Gasteiger partial charge in [0, 0.05) is 25.7 Å². The lowest BCUT2D eigenvalue weighted by Crippen LogP contribution is -2.30. The van der Waals surface area contributed by atoms with Crippen LogP contribution in [0.4, 0.5) is 0 Å². The Morgan fingerprint density at radius 2 is 0.490 bits per heavy atom. The summed E-state index contributed by atoms with van der Waals surface area (Å²) in [5.41, 5.74) is 0. The Morgan fingerprint density at radius 3 is 0.760 bits per heavy atom. The molecule has 0 radical (unpaired) electrons. The lowest BCUT2D eigenvalue weighted by Gasteiger charge is -2.21. The van der Waals surface area contributed by atoms with Gasteiger partial charge in [-0.25, -0.2) is 9.13 Å². The summed E-state index contributed by atoms with van der Waals surface area (Å²) >= 11 is 0. The van der Waals surface area contributed by atoms with Gasteiger partial charge in [0.2, 0.25) is 0 Å². The van der Waals surface area contributed by atoms with Gasteiger partial charge in [-0.05, 0) is 57.8 Å². The van der Waals surface area contributed by atoms with E-state index in [4.69, 9.17) is 37.0 Å². The van der Waals surface area contributed by atoms with Crippen molar-refractivity contribution in [1.82, 2.24) is 0 Å². The molecule has 0 heterocycles. The second-order valence-electron chi connectivity index (χ2n) is 28.4. The van der Waals surface area contributed by atoms with E-state index in [2.05, 4.69) is 52.0 Å². The Kier molecular flexibility index (Phi) is 73.0. The van der Waals surface area contributed by atoms with E-state index in [1.54, 1.807) is 0 Å². The molecule has 0 rings (SSSR count). The Labute approximate surface area is 612 Å². The number of allylic oxidation sites excluding steroid dienone is 4. The van der Waals surface area contributed by atoms with Crippen LogP contribution in [0.1, 0.15) is 413 Å². The summed E-state index contributed by atoms with van der Waals surface area (Å²) in [5.74, 6) is -2.13. The summed E-state index contributed by atoms with van der Waals surface area (Å²) in [7, 11) is -9.93. The molecule has 0 fully saturated rings. The molecule has 0 aromatic rings. The fraction of sp³-hybridized carbons (Fsp3) is 0.901. The fourth-order valence-corrected chi connectivity index (χ4v) is 13.7. The van der Waals surface area contributed by atoms with Gasteiger partial charge in [-0.15, -0.1) is 0 Å². The first-order valence-electron chi connectivity index (χ1n) is 41.6. The zero-order valence-corrected chi connectivity index (χ0v) is 66.5. The molecule has 3 N–H and O–H groups in total. The molecule has 0 amide bonds. The van der Waals surface area contributed by atoms with Crippen molar-refractivity contribution in [2.75, 3.05) is 39.6 Å². The highest BCUT2D eigenvalue weighted by Crippen LogP contribution is 2.45. The van der Waals surface area contributed by atoms with Crippen LogP contribution in [0.15, 0.2) is 24.3 Å². The molecular formula is C81H154O17P2. The SMILES string of the molecule is CCCCC/C=C\C/C=C\CCCCCCCC(=O)O[C@H](COC(=O)CCCCCCCCCCCCCCC)COP(=O)(O)OC[C@H](O)COP(=O)(O)OC[C@@H](COC(=O)CCCCCCCCCCCCCCCCC)OC(=O)CCCCCCCCCCCCCCCCCCC. The van der Waals surface area contributed by atoms with Crippen LogP contribution in [0.5, 0.6) is 0 Å². The molecule has 590 valence electrons. The number of rotatable bonds is 80. The molecule has 0 saturated heterocycles. The van der Waals surface area contributed by atoms with E-state index in [1.807, 2.05) is 0 Å². The van der Waals surface area contributed by atoms with E-state index in [1.165, 1.54) is 225 Å². The largest absolute Gasteiger partial charge is 0.472 e. The van der Waals surface area contributed by atoms with Gasteiger partial charge in [-0.3, -0.25) is 37.3 Å². The minimum absolute atomic E-state index is 0.0876. The molecule has 0 spiro atoms. The summed E-state index contributed by atoms with van der Waals surface area (Å²) in [6, 6.07) is 0. The molecule has 0 aromatic heterocycles. The third-order valence-electron chi connectivity index (χ3n) is 18.4. The number of ether oxygens (including phenoxy) is 4. The van der Waals surface area contributed by atoms with Gasteiger partial charge in [-0.1, -0.05) is 354 Å². The van der Waals surface area contributed by atoms with E-state index in [9.17, 15) is 43.2 Å². The number of carbonyl (C=O) groups excluding carboxylic acids is 4. The average molecular weight is 1460 g/mol. The third kappa shape index (κ3) is 73.8. The molecule has 0 bridgehead atoms. The molecule has 17 nitrogen and oxygen atoms in total. The number of aliphatic hydroxyl groups excluding tert-OH is 1. The minimum atomic E-state index is -4.97. The molecule has 2 unspecified atom stereocenters. The van der Waals surface area contributed by atoms with Crippen molar-refractivity contribution in [2.45, 2.75) is 431 Å². The van der Waals surface area contributed by atoms with Gasteiger partial charge in [0.1, 0.15) is 19.3 Å². The molecule has 5 atom stereocenters. The summed E-state index contributed by atoms with van der Waals surface area (Å²) in [5, 5.41) is 10.6. The van der Waals surface area contributed by atoms with Crippen molar-refractivity contribution >= 4 is 39.5 Å². The number of phosphoric ester groups is 2. The van der Waals surface area contributed by atoms with Crippen LogP contribution in [0.2, 0.25) is 0 Å². The first kappa shape index (κ1) is 97.5. The van der Waals surface area contributed by atoms with Crippen molar-refractivity contribution in [1.29, 1.82) is 0 Å². The minimum Gasteiger partial charge on any atom is -0.462 e. The standard InChI is InChI=1S/C81H154O17P2/c1-5-9-13-17-21-25-29-33-36-37-40-44-48-52-56-60-64-68-81(86)98-77(72-92-79(84)66-62-58-54-50-46-42-38-34-30-26-22-18-14-10-6-2)74-96-100(89,90)94-70-75(82)69-93-99(87,88)95-73-76(71-91-78(83)65-61-57-53-49-45-41-32-28-24-20-16-12-8-4)97-80(85)67-63-59-55-51-47-43-39-35-31-27-23-19-15-11-7-3/h23,27,35,39,75-77,82H,5-22,24-26,28-34,36-38,40-74H2,1-4H3,(H,87,88)(H,89,90)/b27-23-,39-35-/t75-,76+,77+/m0/s1. The van der Waals surface area contributed by atoms with Gasteiger partial charge in [0.15, 0.2) is 12.2 Å². The van der Waals surface area contributed by atoms with Crippen LogP contribution in [0.3, 0.4) is 0 Å². The number of aliphatic hydroxyl groups is 1. The molecule has 100 heavy (non-hydrogen) atoms. The Morgan fingerprint density at radius 1 is 0.280 bits per heavy atom. The molecule has 0 aliphatic heterocycles. The molecular weight excluding hydrogens is 1310 g/mol. The van der Waals surface area contributed by atoms with Crippen LogP contribution < -0.4 is 0 Å². The van der Waals surface area contributed by atoms with Gasteiger partial charge in [-0.2, -0.15) is 0 Å². The normalized spacial score (nSPS) is 13.9. The Balaban J connectivity index is 5.29. The van der Waals surface area contributed by atoms with E-state index >= 15 is 0 Å². The topological polar surface area (TPSA) is 237 Å². The van der Waals surface area contributed by atoms with Gasteiger partial charge in [0.25, 0.3) is 0 Å². The predicted octanol–water partition coefficient (Wildman–Crippen LogP) is 24.1. The first-order valence-corrected chi connectivity index (χ1v) is 44.6. The molecule has 19 heteroatoms. The lowest BCUT2D eigenvalue weighted by atomic mass is 10.0. The van der Waals surface area contributed by atoms with E-state index in [0.717, 1.165) is 109 Å². The lowest BCUT2D eigenvalue weighted by molar-refractivity contribution is -0.161. The maximum absolute atomic E-state index is 13.1. The first-order chi connectivity index (χ1) is 48.7. The number of carbonyl (C=O) groups is 4. The second kappa shape index (κ2) is 74.8. The summed E-state index contributed by atoms with van der Waals surface area (Å²) in [6.07, 6.45) is 70.0. The van der Waals surface area contributed by atoms with Crippen molar-refractivity contribution in [3.63, 3.8) is 0 Å². The molecule has 0 aromatic carbocycles. The summed E-state index contributed by atoms with van der Waals surface area (Å²) in [6.45, 7) is 4.96. The van der Waals surface area contributed by atoms with Crippen LogP contribution >= 0.6 is 15.6 Å². The quantitative estimate of drug-likeness (QED) is 0.0169. The van der Waals surface area contributed by atoms with Crippen LogP contribution in [-0.2, 0) is 65.4 Å². The maximum atomic E-state index is 13.1. The highest BCUT2D eigenvalue weighted by atomic mass is 31.2. The monoisotopic (exact) mass is 1460 g/mol. The van der Waals surface area contributed by atoms with E-state index in [-0.39, 0.29) is 25.7 Å². The van der Waals surface area contributed by atoms with E-state index < -0.39 is 97.5 Å². The number of esters is 4. The van der Waals surface area contributed by atoms with Crippen molar-refractivity contribution in [3.05, 3.63) is 24.3 Å². The third-order valence-corrected chi connectivity index (χ3v) is 20.4. The van der Waals surface area contributed by atoms with Crippen molar-refractivity contribution < 1.29 is 80.2 Å². The van der Waals surface area contributed by atoms with Gasteiger partial charge in [0.05, 0.1) is 26.4 Å². The van der Waals surface area contributed by atoms with Gasteiger partial charge < -0.3 is 33.8 Å². The Hall–Kier alpha value is -2.46. The highest BCUT2D eigenvalue weighted by molar-refractivity contribution is 7.47. The summed E-state index contributed by atoms with van der Waals surface area (Å²) in [4.78, 5) is 73.0. The molecule has 0 saturated carbocycles. The van der Waals surface area contributed by atoms with Crippen LogP contribution in [0.25, 0.3) is 0 Å². The number of phosphoric acid groups is 2. The van der Waals surface area contributed by atoms with Crippen molar-refractivity contribution in [2.24, 2.45) is 0 Å². The highest BCUT2D eigenvalue weighted by Gasteiger charge is 2.30. The number of hydrogen-bond acceptors (Lipinski definition) is 15. The molecule has 0 aliphatic rings. The predicted molar refractivity (Wildman–Crippen MR) is 409 cm³/mol. The van der Waals surface area contributed by atoms with Crippen LogP contribution in [0, 0.1) is 0 Å². The van der Waals surface area contributed by atoms with Gasteiger partial charge >= 0.3 is 39.5 Å². The fourth-order valence-electron chi connectivity index (χ4n) is 12.1. The molecule has 0 aliphatic carbocycles. The number of hydrogen-bond donors (Lipinski definition) is 3. The number of unbranched alkanes of at least 4 members (excludes halogenated alkanes) is 50.